The van der Waals surface area contributed by atoms with Crippen molar-refractivity contribution in [2.45, 2.75) is 17.8 Å². The molecule has 1 aromatic carbocycles. The number of imidazole rings is 2. The Hall–Kier alpha value is -2.27. The van der Waals surface area contributed by atoms with Gasteiger partial charge in [-0.1, -0.05) is 30.0 Å². The lowest BCUT2D eigenvalue weighted by molar-refractivity contribution is 1.07. The molecule has 0 saturated heterocycles. The Bertz CT molecular complexity index is 889. The second-order valence-corrected chi connectivity index (χ2v) is 5.94. The highest BCUT2D eigenvalue weighted by molar-refractivity contribution is 7.98. The predicted octanol–water partition coefficient (Wildman–Crippen LogP) is 3.81. The van der Waals surface area contributed by atoms with Gasteiger partial charge in [-0.15, -0.1) is 0 Å². The molecule has 0 aliphatic carbocycles. The molecule has 0 atom stereocenters. The number of benzene rings is 1. The quantitative estimate of drug-likeness (QED) is 0.584. The van der Waals surface area contributed by atoms with E-state index in [2.05, 4.69) is 38.5 Å². The Labute approximate surface area is 126 Å². The first-order valence-corrected chi connectivity index (χ1v) is 7.79. The van der Waals surface area contributed by atoms with E-state index in [4.69, 9.17) is 0 Å². The van der Waals surface area contributed by atoms with Crippen LogP contribution in [-0.4, -0.2) is 19.4 Å². The smallest absolute Gasteiger partial charge is 0.166 e. The molecule has 0 spiro atoms. The maximum Gasteiger partial charge on any atom is 0.166 e. The number of para-hydroxylation sites is 2. The van der Waals surface area contributed by atoms with Gasteiger partial charge in [0.25, 0.3) is 0 Å². The standard InChI is InChI=1S/C16H14N4S/c1-11-5-4-8-15-17-12(9-20(11)15)10-21-16-18-13-6-2-3-7-14(13)19-16/h2-9H,10H2,1H3,(H,18,19). The van der Waals surface area contributed by atoms with Gasteiger partial charge < -0.3 is 9.38 Å². The van der Waals surface area contributed by atoms with Crippen LogP contribution in [0.5, 0.6) is 0 Å². The van der Waals surface area contributed by atoms with E-state index < -0.39 is 0 Å². The van der Waals surface area contributed by atoms with E-state index >= 15 is 0 Å². The molecule has 0 bridgehead atoms. The molecule has 0 amide bonds. The van der Waals surface area contributed by atoms with Gasteiger partial charge in [0.1, 0.15) is 5.65 Å². The number of hydrogen-bond acceptors (Lipinski definition) is 3. The highest BCUT2D eigenvalue weighted by Crippen LogP contribution is 2.23. The van der Waals surface area contributed by atoms with Gasteiger partial charge in [0, 0.05) is 17.6 Å². The van der Waals surface area contributed by atoms with E-state index in [9.17, 15) is 0 Å². The summed E-state index contributed by atoms with van der Waals surface area (Å²) in [6.45, 7) is 2.09. The van der Waals surface area contributed by atoms with Crippen molar-refractivity contribution in [1.29, 1.82) is 0 Å². The van der Waals surface area contributed by atoms with Crippen molar-refractivity contribution in [3.63, 3.8) is 0 Å². The van der Waals surface area contributed by atoms with Gasteiger partial charge in [0.15, 0.2) is 5.16 Å². The summed E-state index contributed by atoms with van der Waals surface area (Å²) in [5.41, 5.74) is 5.33. The lowest BCUT2D eigenvalue weighted by atomic mass is 10.3. The average molecular weight is 294 g/mol. The third-order valence-electron chi connectivity index (χ3n) is 3.47. The second-order valence-electron chi connectivity index (χ2n) is 4.98. The van der Waals surface area contributed by atoms with Crippen molar-refractivity contribution in [3.05, 3.63) is 60.0 Å². The monoisotopic (exact) mass is 294 g/mol. The van der Waals surface area contributed by atoms with Crippen molar-refractivity contribution in [2.24, 2.45) is 0 Å². The van der Waals surface area contributed by atoms with Gasteiger partial charge in [-0.3, -0.25) is 0 Å². The summed E-state index contributed by atoms with van der Waals surface area (Å²) in [6, 6.07) is 14.2. The topological polar surface area (TPSA) is 46.0 Å². The Balaban J connectivity index is 1.58. The van der Waals surface area contributed by atoms with Crippen LogP contribution in [0.3, 0.4) is 0 Å². The summed E-state index contributed by atoms with van der Waals surface area (Å²) in [5.74, 6) is 0.806. The molecule has 1 N–H and O–H groups in total. The molecule has 4 aromatic rings. The SMILES string of the molecule is Cc1cccc2nc(CSc3nc4ccccc4[nH]3)cn12. The number of aromatic nitrogens is 4. The maximum absolute atomic E-state index is 4.64. The molecule has 0 aliphatic heterocycles. The van der Waals surface area contributed by atoms with Crippen LogP contribution in [0.15, 0.2) is 53.8 Å². The van der Waals surface area contributed by atoms with E-state index in [1.54, 1.807) is 11.8 Å². The fraction of sp³-hybridized carbons (Fsp3) is 0.125. The van der Waals surface area contributed by atoms with Crippen molar-refractivity contribution in [3.8, 4) is 0 Å². The highest BCUT2D eigenvalue weighted by atomic mass is 32.2. The van der Waals surface area contributed by atoms with Crippen LogP contribution in [0.25, 0.3) is 16.7 Å². The van der Waals surface area contributed by atoms with Gasteiger partial charge in [-0.05, 0) is 31.2 Å². The van der Waals surface area contributed by atoms with E-state index in [1.807, 2.05) is 36.4 Å². The Kier molecular flexibility index (Phi) is 2.93. The summed E-state index contributed by atoms with van der Waals surface area (Å²) in [7, 11) is 0. The minimum Gasteiger partial charge on any atom is -0.333 e. The fourth-order valence-electron chi connectivity index (χ4n) is 2.41. The zero-order chi connectivity index (χ0) is 14.2. The van der Waals surface area contributed by atoms with Gasteiger partial charge in [-0.25, -0.2) is 9.97 Å². The van der Waals surface area contributed by atoms with Crippen LogP contribution in [0.2, 0.25) is 0 Å². The molecule has 0 saturated carbocycles. The number of nitrogens with one attached hydrogen (secondary N) is 1. The molecule has 0 aliphatic rings. The third kappa shape index (κ3) is 2.29. The van der Waals surface area contributed by atoms with Gasteiger partial charge in [-0.2, -0.15) is 0 Å². The molecule has 0 radical (unpaired) electrons. The van der Waals surface area contributed by atoms with Crippen molar-refractivity contribution < 1.29 is 0 Å². The van der Waals surface area contributed by atoms with Crippen LogP contribution in [0.4, 0.5) is 0 Å². The van der Waals surface area contributed by atoms with Crippen molar-refractivity contribution >= 4 is 28.4 Å². The summed E-state index contributed by atoms with van der Waals surface area (Å²) >= 11 is 1.68. The van der Waals surface area contributed by atoms with Crippen molar-refractivity contribution in [1.82, 2.24) is 19.4 Å². The molecule has 0 unspecified atom stereocenters. The normalized spacial score (nSPS) is 11.5. The summed E-state index contributed by atoms with van der Waals surface area (Å²) in [4.78, 5) is 12.5. The number of pyridine rings is 1. The van der Waals surface area contributed by atoms with Crippen LogP contribution >= 0.6 is 11.8 Å². The first kappa shape index (κ1) is 12.5. The Morgan fingerprint density at radius 1 is 1.10 bits per heavy atom. The van der Waals surface area contributed by atoms with E-state index in [1.165, 1.54) is 5.69 Å². The van der Waals surface area contributed by atoms with E-state index in [-0.39, 0.29) is 0 Å². The van der Waals surface area contributed by atoms with Crippen LogP contribution < -0.4 is 0 Å². The number of rotatable bonds is 3. The molecule has 3 aromatic heterocycles. The molecular weight excluding hydrogens is 280 g/mol. The number of hydrogen-bond donors (Lipinski definition) is 1. The van der Waals surface area contributed by atoms with Gasteiger partial charge in [0.05, 0.1) is 16.7 Å². The van der Waals surface area contributed by atoms with E-state index in [0.29, 0.717) is 0 Å². The zero-order valence-electron chi connectivity index (χ0n) is 11.6. The van der Waals surface area contributed by atoms with Crippen LogP contribution in [-0.2, 0) is 5.75 Å². The van der Waals surface area contributed by atoms with Gasteiger partial charge in [0.2, 0.25) is 0 Å². The second kappa shape index (κ2) is 4.93. The lowest BCUT2D eigenvalue weighted by Gasteiger charge is -1.95. The van der Waals surface area contributed by atoms with Crippen LogP contribution in [0.1, 0.15) is 11.4 Å². The molecular formula is C16H14N4S. The first-order chi connectivity index (χ1) is 10.3. The zero-order valence-corrected chi connectivity index (χ0v) is 12.4. The van der Waals surface area contributed by atoms with Crippen molar-refractivity contribution in [2.75, 3.05) is 0 Å². The number of aryl methyl sites for hydroxylation is 1. The van der Waals surface area contributed by atoms with Gasteiger partial charge >= 0.3 is 0 Å². The first-order valence-electron chi connectivity index (χ1n) is 6.81. The largest absolute Gasteiger partial charge is 0.333 e. The molecule has 104 valence electrons. The Morgan fingerprint density at radius 2 is 2.00 bits per heavy atom. The number of fused-ring (bicyclic) bond motifs is 2. The minimum absolute atomic E-state index is 0.806. The summed E-state index contributed by atoms with van der Waals surface area (Å²) in [6.07, 6.45) is 2.10. The Morgan fingerprint density at radius 3 is 2.86 bits per heavy atom. The molecule has 0 fully saturated rings. The summed E-state index contributed by atoms with van der Waals surface area (Å²) in [5, 5.41) is 0.935. The molecule has 3 heterocycles. The molecule has 4 rings (SSSR count). The van der Waals surface area contributed by atoms with E-state index in [0.717, 1.165) is 33.3 Å². The maximum atomic E-state index is 4.64. The van der Waals surface area contributed by atoms with Crippen LogP contribution in [0, 0.1) is 6.92 Å². The average Bonchev–Trinajstić information content (AvgIpc) is 3.09. The fourth-order valence-corrected chi connectivity index (χ4v) is 3.18. The minimum atomic E-state index is 0.806. The molecule has 5 heteroatoms. The number of thioether (sulfide) groups is 1. The number of aromatic amines is 1. The lowest BCUT2D eigenvalue weighted by Crippen LogP contribution is -1.86. The molecule has 21 heavy (non-hydrogen) atoms. The number of H-pyrrole nitrogens is 1. The predicted molar refractivity (Wildman–Crippen MR) is 85.6 cm³/mol. The molecule has 4 nitrogen and oxygen atoms in total. The summed E-state index contributed by atoms with van der Waals surface area (Å²) < 4.78 is 2.12. The number of nitrogens with zero attached hydrogens (tertiary/aromatic N) is 3. The third-order valence-corrected chi connectivity index (χ3v) is 4.38. The highest BCUT2D eigenvalue weighted by Gasteiger charge is 2.06.